The lowest BCUT2D eigenvalue weighted by molar-refractivity contribution is 0.414. The standard InChI is InChI=1S/C15H16N2O2/c1-18-13-7-3-5-11(9-13)15(17-16)12-6-4-8-14(10-12)19-2/h3-10H,16H2,1-2H3. The number of nitrogens with two attached hydrogens (primary N) is 1. The minimum atomic E-state index is 0.692. The predicted molar refractivity (Wildman–Crippen MR) is 75.8 cm³/mol. The maximum absolute atomic E-state index is 5.53. The van der Waals surface area contributed by atoms with Crippen molar-refractivity contribution in [3.05, 3.63) is 59.7 Å². The van der Waals surface area contributed by atoms with Gasteiger partial charge in [0.2, 0.25) is 0 Å². The molecule has 0 radical (unpaired) electrons. The molecule has 0 spiro atoms. The summed E-state index contributed by atoms with van der Waals surface area (Å²) in [5.41, 5.74) is 2.49. The summed E-state index contributed by atoms with van der Waals surface area (Å²) in [5.74, 6) is 7.06. The largest absolute Gasteiger partial charge is 0.497 e. The van der Waals surface area contributed by atoms with Crippen LogP contribution < -0.4 is 15.3 Å². The van der Waals surface area contributed by atoms with Gasteiger partial charge in [-0.05, 0) is 24.3 Å². The van der Waals surface area contributed by atoms with E-state index in [9.17, 15) is 0 Å². The molecule has 0 aliphatic carbocycles. The Kier molecular flexibility index (Phi) is 4.03. The highest BCUT2D eigenvalue weighted by molar-refractivity contribution is 6.13. The van der Waals surface area contributed by atoms with Crippen molar-refractivity contribution in [2.45, 2.75) is 0 Å². The Morgan fingerprint density at radius 2 is 1.37 bits per heavy atom. The maximum Gasteiger partial charge on any atom is 0.119 e. The smallest absolute Gasteiger partial charge is 0.119 e. The van der Waals surface area contributed by atoms with Crippen LogP contribution in [0.2, 0.25) is 0 Å². The van der Waals surface area contributed by atoms with Gasteiger partial charge < -0.3 is 15.3 Å². The molecule has 2 rings (SSSR count). The summed E-state index contributed by atoms with van der Waals surface area (Å²) in [6.07, 6.45) is 0. The molecule has 0 bridgehead atoms. The van der Waals surface area contributed by atoms with Gasteiger partial charge in [0.1, 0.15) is 11.5 Å². The predicted octanol–water partition coefficient (Wildman–Crippen LogP) is 2.41. The van der Waals surface area contributed by atoms with Gasteiger partial charge >= 0.3 is 0 Å². The molecule has 4 heteroatoms. The third-order valence-electron chi connectivity index (χ3n) is 2.82. The van der Waals surface area contributed by atoms with Crippen LogP contribution in [-0.2, 0) is 0 Å². The van der Waals surface area contributed by atoms with Gasteiger partial charge in [-0.25, -0.2) is 0 Å². The van der Waals surface area contributed by atoms with E-state index in [1.54, 1.807) is 14.2 Å². The van der Waals surface area contributed by atoms with Gasteiger partial charge in [-0.15, -0.1) is 0 Å². The highest BCUT2D eigenvalue weighted by Crippen LogP contribution is 2.19. The van der Waals surface area contributed by atoms with Crippen molar-refractivity contribution in [3.63, 3.8) is 0 Å². The summed E-state index contributed by atoms with van der Waals surface area (Å²) in [6.45, 7) is 0. The molecule has 19 heavy (non-hydrogen) atoms. The monoisotopic (exact) mass is 256 g/mol. The minimum absolute atomic E-state index is 0.692. The number of rotatable bonds is 4. The van der Waals surface area contributed by atoms with Crippen molar-refractivity contribution in [1.82, 2.24) is 0 Å². The highest BCUT2D eigenvalue weighted by Gasteiger charge is 2.08. The molecule has 2 aromatic rings. The van der Waals surface area contributed by atoms with Gasteiger partial charge in [0.25, 0.3) is 0 Å². The molecular weight excluding hydrogens is 240 g/mol. The Bertz CT molecular complexity index is 545. The van der Waals surface area contributed by atoms with Gasteiger partial charge in [-0.3, -0.25) is 0 Å². The fourth-order valence-electron chi connectivity index (χ4n) is 1.86. The van der Waals surface area contributed by atoms with E-state index < -0.39 is 0 Å². The maximum atomic E-state index is 5.53. The van der Waals surface area contributed by atoms with Crippen LogP contribution in [0.3, 0.4) is 0 Å². The van der Waals surface area contributed by atoms with Gasteiger partial charge in [0.05, 0.1) is 19.9 Å². The van der Waals surface area contributed by atoms with Crippen molar-refractivity contribution < 1.29 is 9.47 Å². The quantitative estimate of drug-likeness (QED) is 0.519. The van der Waals surface area contributed by atoms with Crippen molar-refractivity contribution in [1.29, 1.82) is 0 Å². The summed E-state index contributed by atoms with van der Waals surface area (Å²) in [6, 6.07) is 15.2. The third-order valence-corrected chi connectivity index (χ3v) is 2.82. The summed E-state index contributed by atoms with van der Waals surface area (Å²) < 4.78 is 10.4. The Balaban J connectivity index is 2.44. The Morgan fingerprint density at radius 1 is 0.895 bits per heavy atom. The van der Waals surface area contributed by atoms with Gasteiger partial charge in [-0.1, -0.05) is 24.3 Å². The Labute approximate surface area is 112 Å². The average Bonchev–Trinajstić information content (AvgIpc) is 2.48. The number of hydrogen-bond donors (Lipinski definition) is 1. The number of hydrazone groups is 1. The highest BCUT2D eigenvalue weighted by atomic mass is 16.5. The zero-order chi connectivity index (χ0) is 13.7. The Morgan fingerprint density at radius 3 is 1.74 bits per heavy atom. The number of benzene rings is 2. The lowest BCUT2D eigenvalue weighted by Crippen LogP contribution is -2.06. The third kappa shape index (κ3) is 2.85. The molecule has 0 unspecified atom stereocenters. The molecule has 4 nitrogen and oxygen atoms in total. The van der Waals surface area contributed by atoms with Crippen molar-refractivity contribution in [3.8, 4) is 11.5 Å². The summed E-state index contributed by atoms with van der Waals surface area (Å²) >= 11 is 0. The van der Waals surface area contributed by atoms with E-state index in [1.165, 1.54) is 0 Å². The molecule has 0 amide bonds. The molecule has 2 aromatic carbocycles. The molecule has 0 aliphatic heterocycles. The molecule has 0 atom stereocenters. The van der Waals surface area contributed by atoms with Gasteiger partial charge in [0, 0.05) is 11.1 Å². The first-order valence-electron chi connectivity index (χ1n) is 5.85. The lowest BCUT2D eigenvalue weighted by Gasteiger charge is -2.09. The second kappa shape index (κ2) is 5.91. The first kappa shape index (κ1) is 13.0. The molecule has 98 valence electrons. The molecule has 0 heterocycles. The van der Waals surface area contributed by atoms with E-state index >= 15 is 0 Å². The van der Waals surface area contributed by atoms with E-state index in [1.807, 2.05) is 48.5 Å². The minimum Gasteiger partial charge on any atom is -0.497 e. The van der Waals surface area contributed by atoms with Crippen molar-refractivity contribution in [2.24, 2.45) is 10.9 Å². The van der Waals surface area contributed by atoms with Gasteiger partial charge in [0.15, 0.2) is 0 Å². The van der Waals surface area contributed by atoms with Crippen LogP contribution in [0.5, 0.6) is 11.5 Å². The normalized spacial score (nSPS) is 9.79. The van der Waals surface area contributed by atoms with Crippen LogP contribution in [0.15, 0.2) is 53.6 Å². The van der Waals surface area contributed by atoms with Gasteiger partial charge in [-0.2, -0.15) is 5.10 Å². The number of hydrogen-bond acceptors (Lipinski definition) is 4. The van der Waals surface area contributed by atoms with Crippen LogP contribution in [0.4, 0.5) is 0 Å². The van der Waals surface area contributed by atoms with Crippen molar-refractivity contribution >= 4 is 5.71 Å². The molecule has 0 fully saturated rings. The second-order valence-electron chi connectivity index (χ2n) is 3.94. The molecular formula is C15H16N2O2. The molecule has 2 N–H and O–H groups in total. The summed E-state index contributed by atoms with van der Waals surface area (Å²) in [4.78, 5) is 0. The van der Waals surface area contributed by atoms with Crippen LogP contribution in [-0.4, -0.2) is 19.9 Å². The molecule has 0 saturated heterocycles. The van der Waals surface area contributed by atoms with E-state index in [0.29, 0.717) is 5.71 Å². The first-order valence-corrected chi connectivity index (χ1v) is 5.85. The van der Waals surface area contributed by atoms with Crippen LogP contribution >= 0.6 is 0 Å². The lowest BCUT2D eigenvalue weighted by atomic mass is 10.0. The van der Waals surface area contributed by atoms with E-state index in [0.717, 1.165) is 22.6 Å². The molecule has 0 aromatic heterocycles. The van der Waals surface area contributed by atoms with E-state index in [4.69, 9.17) is 15.3 Å². The number of methoxy groups -OCH3 is 2. The van der Waals surface area contributed by atoms with E-state index in [2.05, 4.69) is 5.10 Å². The number of ether oxygens (including phenoxy) is 2. The second-order valence-corrected chi connectivity index (χ2v) is 3.94. The summed E-state index contributed by atoms with van der Waals surface area (Å²) in [7, 11) is 3.26. The zero-order valence-electron chi connectivity index (χ0n) is 11.0. The molecule has 0 saturated carbocycles. The topological polar surface area (TPSA) is 56.8 Å². The van der Waals surface area contributed by atoms with Crippen LogP contribution in [0, 0.1) is 0 Å². The molecule has 0 aliphatic rings. The van der Waals surface area contributed by atoms with Crippen LogP contribution in [0.25, 0.3) is 0 Å². The van der Waals surface area contributed by atoms with Crippen molar-refractivity contribution in [2.75, 3.05) is 14.2 Å². The van der Waals surface area contributed by atoms with E-state index in [-0.39, 0.29) is 0 Å². The fraction of sp³-hybridized carbons (Fsp3) is 0.133. The fourth-order valence-corrected chi connectivity index (χ4v) is 1.86. The number of nitrogens with zero attached hydrogens (tertiary/aromatic N) is 1. The first-order chi connectivity index (χ1) is 9.28. The Hall–Kier alpha value is -2.49. The summed E-state index contributed by atoms with van der Waals surface area (Å²) in [5, 5.41) is 3.88. The zero-order valence-corrected chi connectivity index (χ0v) is 11.0. The average molecular weight is 256 g/mol. The van der Waals surface area contributed by atoms with Crippen LogP contribution in [0.1, 0.15) is 11.1 Å². The SMILES string of the molecule is COc1cccc(C(=NN)c2cccc(OC)c2)c1.